The molecule has 1 fully saturated rings. The van der Waals surface area contributed by atoms with Gasteiger partial charge in [-0.2, -0.15) is 13.2 Å². The van der Waals surface area contributed by atoms with E-state index in [1.165, 1.54) is 43.7 Å². The molecular weight excluding hydrogens is 595 g/mol. The van der Waals surface area contributed by atoms with Crippen LogP contribution in [0.3, 0.4) is 0 Å². The Hall–Kier alpha value is -4.11. The summed E-state index contributed by atoms with van der Waals surface area (Å²) in [5.41, 5.74) is 0.00341. The molecule has 3 N–H and O–H groups in total. The number of sulfonamides is 1. The Labute approximate surface area is 244 Å². The van der Waals surface area contributed by atoms with Gasteiger partial charge in [-0.05, 0) is 26.0 Å². The minimum Gasteiger partial charge on any atom is -0.436 e. The summed E-state index contributed by atoms with van der Waals surface area (Å²) in [5.74, 6) is -0.696. The van der Waals surface area contributed by atoms with E-state index in [0.717, 1.165) is 0 Å². The maximum atomic E-state index is 15.7. The fraction of sp³-hybridized carbons (Fsp3) is 0.321. The molecule has 0 amide bonds. The smallest absolute Gasteiger partial charge is 0.407 e. The first-order chi connectivity index (χ1) is 20.3. The lowest BCUT2D eigenvalue weighted by Crippen LogP contribution is -2.44. The van der Waals surface area contributed by atoms with Crippen molar-refractivity contribution in [3.63, 3.8) is 0 Å². The SMILES string of the molecule is Cc1c(F)c(NS(=O)(=O)C(C)C(F)(F)F)c2ccccc2c1Oc1nccnc1-c1ccnc(NC2CNCC(F)C2)c1. The first kappa shape index (κ1) is 30.4. The number of piperidine rings is 1. The van der Waals surface area contributed by atoms with Crippen LogP contribution in [0.4, 0.5) is 33.5 Å². The van der Waals surface area contributed by atoms with E-state index in [1.54, 1.807) is 22.9 Å². The monoisotopic (exact) mass is 622 g/mol. The van der Waals surface area contributed by atoms with Crippen molar-refractivity contribution in [1.82, 2.24) is 20.3 Å². The van der Waals surface area contributed by atoms with Crippen molar-refractivity contribution >= 4 is 32.3 Å². The van der Waals surface area contributed by atoms with Crippen molar-refractivity contribution in [2.24, 2.45) is 0 Å². The maximum Gasteiger partial charge on any atom is 0.407 e. The Kier molecular flexibility index (Phi) is 8.38. The van der Waals surface area contributed by atoms with Crippen molar-refractivity contribution in [3.05, 3.63) is 66.4 Å². The summed E-state index contributed by atoms with van der Waals surface area (Å²) in [7, 11) is -5.05. The number of rotatable bonds is 8. The molecule has 0 bridgehead atoms. The van der Waals surface area contributed by atoms with Gasteiger partial charge in [-0.1, -0.05) is 24.3 Å². The number of nitrogens with zero attached hydrogens (tertiary/aromatic N) is 3. The average molecular weight is 623 g/mol. The normalized spacial score (nSPS) is 18.3. The minimum atomic E-state index is -5.07. The van der Waals surface area contributed by atoms with Crippen LogP contribution >= 0.6 is 0 Å². The van der Waals surface area contributed by atoms with Gasteiger partial charge in [0.15, 0.2) is 11.1 Å². The fourth-order valence-electron chi connectivity index (χ4n) is 4.70. The third-order valence-electron chi connectivity index (χ3n) is 7.05. The molecule has 9 nitrogen and oxygen atoms in total. The molecule has 0 saturated carbocycles. The van der Waals surface area contributed by atoms with Crippen LogP contribution in [0.5, 0.6) is 11.6 Å². The van der Waals surface area contributed by atoms with E-state index in [2.05, 4.69) is 25.6 Å². The summed E-state index contributed by atoms with van der Waals surface area (Å²) >= 11 is 0. The molecule has 5 rings (SSSR count). The number of alkyl halides is 4. The highest BCUT2D eigenvalue weighted by Gasteiger charge is 2.45. The standard InChI is InChI=1S/C28H27F5N6O3S/c1-15-23(30)25(39-43(40,41)16(2)28(31,32)33)20-5-3-4-6-21(20)26(15)42-27-24(36-9-10-37-27)17-7-8-35-22(11-17)38-19-12-18(29)13-34-14-19/h3-11,16,18-19,34,39H,12-14H2,1-2H3,(H,35,38). The molecule has 3 atom stereocenters. The second-order valence-corrected chi connectivity index (χ2v) is 12.1. The number of anilines is 2. The average Bonchev–Trinajstić information content (AvgIpc) is 2.97. The third-order valence-corrected chi connectivity index (χ3v) is 8.73. The second-order valence-electron chi connectivity index (χ2n) is 10.1. The number of nitrogens with one attached hydrogen (secondary N) is 3. The Balaban J connectivity index is 1.52. The van der Waals surface area contributed by atoms with E-state index in [0.29, 0.717) is 37.8 Å². The van der Waals surface area contributed by atoms with E-state index in [1.807, 2.05) is 0 Å². The van der Waals surface area contributed by atoms with Gasteiger partial charge in [0.2, 0.25) is 15.9 Å². The fourth-order valence-corrected chi connectivity index (χ4v) is 5.72. The largest absolute Gasteiger partial charge is 0.436 e. The number of aromatic nitrogens is 3. The molecule has 1 aliphatic rings. The lowest BCUT2D eigenvalue weighted by Gasteiger charge is -2.26. The molecule has 43 heavy (non-hydrogen) atoms. The number of pyridine rings is 1. The summed E-state index contributed by atoms with van der Waals surface area (Å²) in [4.78, 5) is 13.0. The van der Waals surface area contributed by atoms with Crippen LogP contribution in [0, 0.1) is 12.7 Å². The third kappa shape index (κ3) is 6.46. The summed E-state index contributed by atoms with van der Waals surface area (Å²) in [6.07, 6.45) is -1.41. The predicted octanol–water partition coefficient (Wildman–Crippen LogP) is 5.74. The Bertz CT molecular complexity index is 1760. The molecule has 4 aromatic rings. The Morgan fingerprint density at radius 2 is 1.77 bits per heavy atom. The molecule has 2 aromatic heterocycles. The van der Waals surface area contributed by atoms with Crippen LogP contribution in [0.2, 0.25) is 0 Å². The number of hydrogen-bond acceptors (Lipinski definition) is 8. The lowest BCUT2D eigenvalue weighted by atomic mass is 10.0. The predicted molar refractivity (Wildman–Crippen MR) is 152 cm³/mol. The van der Waals surface area contributed by atoms with Gasteiger partial charge in [0.05, 0.1) is 5.69 Å². The van der Waals surface area contributed by atoms with Crippen molar-refractivity contribution in [1.29, 1.82) is 0 Å². The highest BCUT2D eigenvalue weighted by atomic mass is 32.2. The van der Waals surface area contributed by atoms with E-state index in [-0.39, 0.29) is 39.7 Å². The number of benzene rings is 2. The number of ether oxygens (including phenoxy) is 1. The van der Waals surface area contributed by atoms with Gasteiger partial charge < -0.3 is 15.4 Å². The van der Waals surface area contributed by atoms with Gasteiger partial charge >= 0.3 is 6.18 Å². The topological polar surface area (TPSA) is 118 Å². The molecule has 0 radical (unpaired) electrons. The molecule has 1 aliphatic heterocycles. The summed E-state index contributed by atoms with van der Waals surface area (Å²) < 4.78 is 102. The van der Waals surface area contributed by atoms with Crippen LogP contribution < -0.4 is 20.1 Å². The van der Waals surface area contributed by atoms with Crippen molar-refractivity contribution in [2.75, 3.05) is 23.1 Å². The zero-order chi connectivity index (χ0) is 30.9. The van der Waals surface area contributed by atoms with Crippen LogP contribution in [0.1, 0.15) is 18.9 Å². The summed E-state index contributed by atoms with van der Waals surface area (Å²) in [5, 5.41) is 3.62. The quantitative estimate of drug-likeness (QED) is 0.213. The molecule has 0 aliphatic carbocycles. The Morgan fingerprint density at radius 3 is 2.49 bits per heavy atom. The number of fused-ring (bicyclic) bond motifs is 1. The van der Waals surface area contributed by atoms with Crippen molar-refractivity contribution in [3.8, 4) is 22.9 Å². The summed E-state index contributed by atoms with van der Waals surface area (Å²) in [6.45, 7) is 2.64. The van der Waals surface area contributed by atoms with Crippen molar-refractivity contribution < 1.29 is 35.1 Å². The minimum absolute atomic E-state index is 0.0190. The molecule has 0 spiro atoms. The van der Waals surface area contributed by atoms with Gasteiger partial charge in [0.1, 0.15) is 23.4 Å². The molecule has 15 heteroatoms. The molecule has 228 valence electrons. The first-order valence-corrected chi connectivity index (χ1v) is 14.8. The van der Waals surface area contributed by atoms with E-state index in [9.17, 15) is 26.0 Å². The van der Waals surface area contributed by atoms with Crippen LogP contribution in [-0.4, -0.2) is 60.1 Å². The lowest BCUT2D eigenvalue weighted by molar-refractivity contribution is -0.126. The number of halogens is 5. The molecular formula is C28H27F5N6O3S. The first-order valence-electron chi connectivity index (χ1n) is 13.2. The molecule has 3 unspecified atom stereocenters. The maximum absolute atomic E-state index is 15.7. The molecule has 1 saturated heterocycles. The van der Waals surface area contributed by atoms with Gasteiger partial charge in [-0.15, -0.1) is 0 Å². The van der Waals surface area contributed by atoms with E-state index < -0.39 is 39.1 Å². The van der Waals surface area contributed by atoms with Gasteiger partial charge in [0, 0.05) is 66.0 Å². The van der Waals surface area contributed by atoms with Gasteiger partial charge in [-0.3, -0.25) is 4.72 Å². The van der Waals surface area contributed by atoms with Crippen LogP contribution in [0.15, 0.2) is 55.0 Å². The van der Waals surface area contributed by atoms with Crippen LogP contribution in [0.25, 0.3) is 22.0 Å². The highest BCUT2D eigenvalue weighted by molar-refractivity contribution is 7.93. The van der Waals surface area contributed by atoms with E-state index >= 15 is 4.39 Å². The van der Waals surface area contributed by atoms with Gasteiger partial charge in [0.25, 0.3) is 0 Å². The van der Waals surface area contributed by atoms with Gasteiger partial charge in [-0.25, -0.2) is 32.2 Å². The second kappa shape index (κ2) is 11.9. The van der Waals surface area contributed by atoms with E-state index in [4.69, 9.17) is 4.74 Å². The highest BCUT2D eigenvalue weighted by Crippen LogP contribution is 2.42. The van der Waals surface area contributed by atoms with Crippen molar-refractivity contribution in [2.45, 2.75) is 43.9 Å². The number of hydrogen-bond donors (Lipinski definition) is 3. The summed E-state index contributed by atoms with van der Waals surface area (Å²) in [6, 6.07) is 9.11. The van der Waals surface area contributed by atoms with Crippen LogP contribution in [-0.2, 0) is 10.0 Å². The zero-order valence-electron chi connectivity index (χ0n) is 22.9. The zero-order valence-corrected chi connectivity index (χ0v) is 23.7. The Morgan fingerprint density at radius 1 is 1.05 bits per heavy atom. The molecule has 3 heterocycles. The molecule has 2 aromatic carbocycles.